The Labute approximate surface area is 119 Å². The topological polar surface area (TPSA) is 59.3 Å². The van der Waals surface area contributed by atoms with Crippen LogP contribution >= 0.6 is 0 Å². The molecule has 20 heavy (non-hydrogen) atoms. The largest absolute Gasteiger partial charge is 0.396 e. The second-order valence-corrected chi connectivity index (χ2v) is 4.83. The van der Waals surface area contributed by atoms with Crippen molar-refractivity contribution in [3.8, 4) is 0 Å². The van der Waals surface area contributed by atoms with Crippen molar-refractivity contribution in [2.75, 3.05) is 20.3 Å². The van der Waals surface area contributed by atoms with Crippen LogP contribution in [0.3, 0.4) is 0 Å². The first-order valence-corrected chi connectivity index (χ1v) is 7.07. The first kappa shape index (κ1) is 15.0. The summed E-state index contributed by atoms with van der Waals surface area (Å²) in [5.41, 5.74) is 2.21. The van der Waals surface area contributed by atoms with Crippen LogP contribution in [0.5, 0.6) is 0 Å². The number of aliphatic hydroxyl groups is 1. The SMILES string of the molecule is CCn1nc(CNC(CCO)COC)c2ccccc21. The van der Waals surface area contributed by atoms with Gasteiger partial charge < -0.3 is 15.2 Å². The molecule has 2 rings (SSSR count). The average molecular weight is 277 g/mol. The summed E-state index contributed by atoms with van der Waals surface area (Å²) in [6.45, 7) is 4.38. The Kier molecular flexibility index (Phi) is 5.52. The summed E-state index contributed by atoms with van der Waals surface area (Å²) >= 11 is 0. The zero-order valence-electron chi connectivity index (χ0n) is 12.2. The number of hydrogen-bond donors (Lipinski definition) is 2. The Hall–Kier alpha value is -1.43. The van der Waals surface area contributed by atoms with E-state index in [-0.39, 0.29) is 12.6 Å². The van der Waals surface area contributed by atoms with Gasteiger partial charge in [-0.2, -0.15) is 5.10 Å². The number of para-hydroxylation sites is 1. The summed E-state index contributed by atoms with van der Waals surface area (Å²) in [4.78, 5) is 0. The van der Waals surface area contributed by atoms with Crippen molar-refractivity contribution in [2.45, 2.75) is 32.5 Å². The van der Waals surface area contributed by atoms with Crippen LogP contribution in [0.1, 0.15) is 19.0 Å². The first-order chi connectivity index (χ1) is 9.80. The summed E-state index contributed by atoms with van der Waals surface area (Å²) in [5.74, 6) is 0. The summed E-state index contributed by atoms with van der Waals surface area (Å²) in [6, 6.07) is 8.41. The third-order valence-electron chi connectivity index (χ3n) is 3.44. The molecule has 0 saturated heterocycles. The van der Waals surface area contributed by atoms with Crippen molar-refractivity contribution in [3.05, 3.63) is 30.0 Å². The molecule has 0 saturated carbocycles. The highest BCUT2D eigenvalue weighted by atomic mass is 16.5. The fraction of sp³-hybridized carbons (Fsp3) is 0.533. The number of hydrogen-bond acceptors (Lipinski definition) is 4. The molecule has 1 heterocycles. The number of benzene rings is 1. The molecule has 0 fully saturated rings. The summed E-state index contributed by atoms with van der Waals surface area (Å²) in [6.07, 6.45) is 0.681. The van der Waals surface area contributed by atoms with E-state index in [0.29, 0.717) is 19.6 Å². The Bertz CT molecular complexity index is 533. The van der Waals surface area contributed by atoms with E-state index in [9.17, 15) is 0 Å². The molecular formula is C15H23N3O2. The van der Waals surface area contributed by atoms with E-state index < -0.39 is 0 Å². The maximum atomic E-state index is 9.06. The lowest BCUT2D eigenvalue weighted by atomic mass is 10.2. The lowest BCUT2D eigenvalue weighted by Gasteiger charge is -2.16. The third kappa shape index (κ3) is 3.36. The van der Waals surface area contributed by atoms with Crippen LogP contribution in [0, 0.1) is 0 Å². The van der Waals surface area contributed by atoms with Gasteiger partial charge in [0.1, 0.15) is 0 Å². The quantitative estimate of drug-likeness (QED) is 0.768. The lowest BCUT2D eigenvalue weighted by molar-refractivity contribution is 0.148. The zero-order valence-corrected chi connectivity index (χ0v) is 12.2. The van der Waals surface area contributed by atoms with Gasteiger partial charge >= 0.3 is 0 Å². The molecule has 0 aliphatic heterocycles. The van der Waals surface area contributed by atoms with Crippen molar-refractivity contribution >= 4 is 10.9 Å². The van der Waals surface area contributed by atoms with E-state index in [1.54, 1.807) is 7.11 Å². The minimum Gasteiger partial charge on any atom is -0.396 e. The van der Waals surface area contributed by atoms with Crippen LogP contribution in [0.15, 0.2) is 24.3 Å². The molecule has 5 nitrogen and oxygen atoms in total. The first-order valence-electron chi connectivity index (χ1n) is 7.07. The van der Waals surface area contributed by atoms with Gasteiger partial charge in [0.15, 0.2) is 0 Å². The van der Waals surface area contributed by atoms with Gasteiger partial charge in [-0.05, 0) is 19.4 Å². The number of fused-ring (bicyclic) bond motifs is 1. The molecule has 2 N–H and O–H groups in total. The predicted molar refractivity (Wildman–Crippen MR) is 79.6 cm³/mol. The highest BCUT2D eigenvalue weighted by Crippen LogP contribution is 2.18. The van der Waals surface area contributed by atoms with Crippen LogP contribution in [-0.4, -0.2) is 41.3 Å². The summed E-state index contributed by atoms with van der Waals surface area (Å²) < 4.78 is 7.18. The van der Waals surface area contributed by atoms with Crippen molar-refractivity contribution in [1.82, 2.24) is 15.1 Å². The van der Waals surface area contributed by atoms with Gasteiger partial charge in [0.05, 0.1) is 17.8 Å². The summed E-state index contributed by atoms with van der Waals surface area (Å²) in [5, 5.41) is 18.3. The van der Waals surface area contributed by atoms with Gasteiger partial charge in [-0.1, -0.05) is 18.2 Å². The van der Waals surface area contributed by atoms with E-state index >= 15 is 0 Å². The van der Waals surface area contributed by atoms with Crippen molar-refractivity contribution < 1.29 is 9.84 Å². The second kappa shape index (κ2) is 7.38. The number of nitrogens with zero attached hydrogens (tertiary/aromatic N) is 2. The Morgan fingerprint density at radius 2 is 2.20 bits per heavy atom. The van der Waals surface area contributed by atoms with Crippen molar-refractivity contribution in [2.24, 2.45) is 0 Å². The number of aryl methyl sites for hydroxylation is 1. The Morgan fingerprint density at radius 3 is 2.90 bits per heavy atom. The van der Waals surface area contributed by atoms with E-state index in [4.69, 9.17) is 9.84 Å². The molecular weight excluding hydrogens is 254 g/mol. The molecule has 0 radical (unpaired) electrons. The van der Waals surface area contributed by atoms with Gasteiger partial charge in [-0.15, -0.1) is 0 Å². The Balaban J connectivity index is 2.12. The molecule has 0 aliphatic carbocycles. The van der Waals surface area contributed by atoms with Crippen molar-refractivity contribution in [3.63, 3.8) is 0 Å². The highest BCUT2D eigenvalue weighted by molar-refractivity contribution is 5.81. The third-order valence-corrected chi connectivity index (χ3v) is 3.44. The number of aromatic nitrogens is 2. The molecule has 1 atom stereocenters. The van der Waals surface area contributed by atoms with Crippen LogP contribution in [0.2, 0.25) is 0 Å². The highest BCUT2D eigenvalue weighted by Gasteiger charge is 2.12. The average Bonchev–Trinajstić information content (AvgIpc) is 2.83. The lowest BCUT2D eigenvalue weighted by Crippen LogP contribution is -2.33. The Morgan fingerprint density at radius 1 is 1.40 bits per heavy atom. The zero-order chi connectivity index (χ0) is 14.4. The van der Waals surface area contributed by atoms with Gasteiger partial charge in [0, 0.05) is 38.2 Å². The molecule has 110 valence electrons. The van der Waals surface area contributed by atoms with E-state index in [1.807, 2.05) is 16.8 Å². The monoisotopic (exact) mass is 277 g/mol. The van der Waals surface area contributed by atoms with Gasteiger partial charge in [0.25, 0.3) is 0 Å². The number of rotatable bonds is 8. The maximum Gasteiger partial charge on any atom is 0.0841 e. The molecule has 0 spiro atoms. The number of ether oxygens (including phenoxy) is 1. The molecule has 0 bridgehead atoms. The van der Waals surface area contributed by atoms with Crippen molar-refractivity contribution in [1.29, 1.82) is 0 Å². The number of aliphatic hydroxyl groups excluding tert-OH is 1. The predicted octanol–water partition coefficient (Wildman–Crippen LogP) is 1.54. The molecule has 0 aliphatic rings. The molecule has 2 aromatic rings. The fourth-order valence-electron chi connectivity index (χ4n) is 2.41. The molecule has 0 amide bonds. The molecule has 1 aromatic carbocycles. The summed E-state index contributed by atoms with van der Waals surface area (Å²) in [7, 11) is 1.67. The van der Waals surface area contributed by atoms with Gasteiger partial charge in [0.2, 0.25) is 0 Å². The fourth-order valence-corrected chi connectivity index (χ4v) is 2.41. The van der Waals surface area contributed by atoms with Gasteiger partial charge in [-0.3, -0.25) is 4.68 Å². The molecule has 5 heteroatoms. The number of nitrogens with one attached hydrogen (secondary N) is 1. The number of methoxy groups -OCH3 is 1. The van der Waals surface area contributed by atoms with E-state index in [2.05, 4.69) is 29.5 Å². The van der Waals surface area contributed by atoms with E-state index in [1.165, 1.54) is 5.39 Å². The van der Waals surface area contributed by atoms with Crippen LogP contribution < -0.4 is 5.32 Å². The standard InChI is InChI=1S/C15H23N3O2/c1-3-18-15-7-5-4-6-13(15)14(17-18)10-16-12(8-9-19)11-20-2/h4-7,12,16,19H,3,8-11H2,1-2H3. The molecule has 1 unspecified atom stereocenters. The smallest absolute Gasteiger partial charge is 0.0841 e. The van der Waals surface area contributed by atoms with Crippen LogP contribution in [0.4, 0.5) is 0 Å². The van der Waals surface area contributed by atoms with Gasteiger partial charge in [-0.25, -0.2) is 0 Å². The molecule has 1 aromatic heterocycles. The minimum atomic E-state index is 0.149. The van der Waals surface area contributed by atoms with Crippen LogP contribution in [-0.2, 0) is 17.8 Å². The minimum absolute atomic E-state index is 0.149. The van der Waals surface area contributed by atoms with Crippen LogP contribution in [0.25, 0.3) is 10.9 Å². The second-order valence-electron chi connectivity index (χ2n) is 4.83. The van der Waals surface area contributed by atoms with E-state index in [0.717, 1.165) is 17.8 Å². The normalized spacial score (nSPS) is 12.9. The maximum absolute atomic E-state index is 9.06.